The van der Waals surface area contributed by atoms with Crippen LogP contribution in [0.15, 0.2) is 114 Å². The fourth-order valence-electron chi connectivity index (χ4n) is 8.57. The minimum atomic E-state index is -2.87. The predicted molar refractivity (Wildman–Crippen MR) is 201 cm³/mol. The maximum Gasteiger partial charge on any atom is 0.279 e. The van der Waals surface area contributed by atoms with E-state index in [-0.39, 0.29) is 42.0 Å². The highest BCUT2D eigenvalue weighted by atomic mass is 28.4. The van der Waals surface area contributed by atoms with Gasteiger partial charge in [0, 0.05) is 29.8 Å². The number of aliphatic hydroxyl groups is 1. The lowest BCUT2D eigenvalue weighted by atomic mass is 9.82. The lowest BCUT2D eigenvalue weighted by molar-refractivity contribution is -0.146. The van der Waals surface area contributed by atoms with Gasteiger partial charge < -0.3 is 19.5 Å². The van der Waals surface area contributed by atoms with Crippen LogP contribution in [-0.2, 0) is 28.2 Å². The molecule has 266 valence electrons. The SMILES string of the molecule is C[C@H]1[C@H]([Si](C)(C)O)[C@@H](CCn2cc(C(CO)c3ccccc3)nn2)O[C@]12C(=O)N(Cc1cccc(-n3[nH]c4ccccc4c3=O)c1)c1ccccc12. The fraction of sp³-hybridized carbons (Fsp3) is 0.300. The third-order valence-electron chi connectivity index (χ3n) is 10.9. The highest BCUT2D eigenvalue weighted by Gasteiger charge is 2.66. The lowest BCUT2D eigenvalue weighted by Crippen LogP contribution is -2.46. The molecule has 1 spiro atoms. The normalized spacial score (nSPS) is 22.1. The summed E-state index contributed by atoms with van der Waals surface area (Å²) in [5.41, 5.74) is 3.86. The van der Waals surface area contributed by atoms with E-state index in [0.29, 0.717) is 29.7 Å². The highest BCUT2D eigenvalue weighted by molar-refractivity contribution is 6.71. The number of nitrogens with one attached hydrogen (secondary N) is 1. The smallest absolute Gasteiger partial charge is 0.279 e. The zero-order valence-electron chi connectivity index (χ0n) is 29.4. The number of ether oxygens (including phenoxy) is 1. The Morgan fingerprint density at radius 1 is 0.962 bits per heavy atom. The summed E-state index contributed by atoms with van der Waals surface area (Å²) >= 11 is 0. The molecular formula is C40H42N6O5Si. The van der Waals surface area contributed by atoms with E-state index >= 15 is 0 Å². The first-order valence-electron chi connectivity index (χ1n) is 17.8. The molecule has 1 unspecified atom stereocenters. The van der Waals surface area contributed by atoms with Crippen molar-refractivity contribution in [2.45, 2.75) is 62.7 Å². The molecule has 8 rings (SSSR count). The Morgan fingerprint density at radius 3 is 2.48 bits per heavy atom. The third-order valence-corrected chi connectivity index (χ3v) is 13.4. The number of fused-ring (bicyclic) bond motifs is 3. The number of hydrogen-bond acceptors (Lipinski definition) is 7. The van der Waals surface area contributed by atoms with Crippen LogP contribution >= 0.6 is 0 Å². The van der Waals surface area contributed by atoms with Crippen molar-refractivity contribution in [3.8, 4) is 5.69 Å². The van der Waals surface area contributed by atoms with Gasteiger partial charge in [0.05, 0.1) is 53.1 Å². The third kappa shape index (κ3) is 5.62. The molecule has 0 radical (unpaired) electrons. The van der Waals surface area contributed by atoms with Gasteiger partial charge >= 0.3 is 0 Å². The van der Waals surface area contributed by atoms with Crippen molar-refractivity contribution in [3.05, 3.63) is 142 Å². The van der Waals surface area contributed by atoms with Gasteiger partial charge in [-0.15, -0.1) is 5.10 Å². The molecule has 2 aliphatic rings. The second kappa shape index (κ2) is 13.1. The van der Waals surface area contributed by atoms with Gasteiger partial charge in [0.1, 0.15) is 0 Å². The topological polar surface area (TPSA) is 138 Å². The van der Waals surface area contributed by atoms with E-state index in [1.54, 1.807) is 15.6 Å². The van der Waals surface area contributed by atoms with Crippen LogP contribution in [-0.4, -0.2) is 61.6 Å². The molecule has 0 bridgehead atoms. The van der Waals surface area contributed by atoms with Gasteiger partial charge in [-0.25, -0.2) is 4.68 Å². The Hall–Kier alpha value is -5.14. The van der Waals surface area contributed by atoms with E-state index in [9.17, 15) is 19.5 Å². The van der Waals surface area contributed by atoms with E-state index < -0.39 is 20.0 Å². The number of para-hydroxylation sites is 2. The molecule has 52 heavy (non-hydrogen) atoms. The van der Waals surface area contributed by atoms with Gasteiger partial charge in [0.15, 0.2) is 13.9 Å². The van der Waals surface area contributed by atoms with Crippen molar-refractivity contribution in [3.63, 3.8) is 0 Å². The van der Waals surface area contributed by atoms with Crippen LogP contribution < -0.4 is 10.5 Å². The van der Waals surface area contributed by atoms with Crippen LogP contribution in [0, 0.1) is 5.92 Å². The van der Waals surface area contributed by atoms with Crippen LogP contribution in [0.1, 0.15) is 41.6 Å². The number of carbonyl (C=O) groups is 1. The molecule has 1 amide bonds. The summed E-state index contributed by atoms with van der Waals surface area (Å²) in [5, 5.41) is 22.7. The number of benzene rings is 4. The molecule has 2 aliphatic heterocycles. The molecular weight excluding hydrogens is 673 g/mol. The Labute approximate surface area is 302 Å². The maximum atomic E-state index is 14.9. The van der Waals surface area contributed by atoms with Crippen LogP contribution in [0.4, 0.5) is 5.69 Å². The first kappa shape index (κ1) is 34.0. The molecule has 0 aliphatic carbocycles. The van der Waals surface area contributed by atoms with Gasteiger partial charge in [-0.3, -0.25) is 19.4 Å². The number of rotatable bonds is 10. The number of hydrogen-bond donors (Lipinski definition) is 3. The lowest BCUT2D eigenvalue weighted by Gasteiger charge is -2.32. The van der Waals surface area contributed by atoms with E-state index in [2.05, 4.69) is 15.4 Å². The number of aryl methyl sites for hydroxylation is 1. The molecule has 4 aromatic carbocycles. The summed E-state index contributed by atoms with van der Waals surface area (Å²) in [6.07, 6.45) is 1.96. The number of carbonyl (C=O) groups excluding carboxylic acids is 1. The molecule has 6 aromatic rings. The minimum Gasteiger partial charge on any atom is -0.432 e. The summed E-state index contributed by atoms with van der Waals surface area (Å²) in [7, 11) is -2.87. The fourth-order valence-corrected chi connectivity index (χ4v) is 11.2. The second-order valence-corrected chi connectivity index (χ2v) is 18.6. The highest BCUT2D eigenvalue weighted by Crippen LogP contribution is 2.59. The Kier molecular flexibility index (Phi) is 8.57. The quantitative estimate of drug-likeness (QED) is 0.160. The van der Waals surface area contributed by atoms with Gasteiger partial charge in [0.2, 0.25) is 0 Å². The van der Waals surface area contributed by atoms with Crippen LogP contribution in [0.2, 0.25) is 18.6 Å². The largest absolute Gasteiger partial charge is 0.432 e. The van der Waals surface area contributed by atoms with E-state index in [0.717, 1.165) is 27.9 Å². The number of aromatic nitrogens is 5. The summed E-state index contributed by atoms with van der Waals surface area (Å²) < 4.78 is 10.3. The van der Waals surface area contributed by atoms with Crippen molar-refractivity contribution < 1.29 is 19.4 Å². The molecule has 1 fully saturated rings. The summed E-state index contributed by atoms with van der Waals surface area (Å²) in [5.74, 6) is -0.751. The van der Waals surface area contributed by atoms with Crippen molar-refractivity contribution >= 4 is 30.8 Å². The van der Waals surface area contributed by atoms with E-state index in [1.807, 2.05) is 123 Å². The molecule has 2 aromatic heterocycles. The predicted octanol–water partition coefficient (Wildman–Crippen LogP) is 5.47. The van der Waals surface area contributed by atoms with Crippen molar-refractivity contribution in [1.29, 1.82) is 0 Å². The molecule has 0 saturated carbocycles. The maximum absolute atomic E-state index is 14.9. The van der Waals surface area contributed by atoms with E-state index in [4.69, 9.17) is 4.74 Å². The number of aliphatic hydroxyl groups excluding tert-OH is 1. The Balaban J connectivity index is 1.07. The van der Waals surface area contributed by atoms with Gasteiger partial charge in [0.25, 0.3) is 11.5 Å². The summed E-state index contributed by atoms with van der Waals surface area (Å²) in [4.78, 5) is 41.6. The van der Waals surface area contributed by atoms with Crippen LogP contribution in [0.3, 0.4) is 0 Å². The van der Waals surface area contributed by atoms with Crippen molar-refractivity contribution in [2.24, 2.45) is 5.92 Å². The molecule has 5 atom stereocenters. The molecule has 11 nitrogen and oxygen atoms in total. The monoisotopic (exact) mass is 714 g/mol. The first-order valence-corrected chi connectivity index (χ1v) is 20.8. The van der Waals surface area contributed by atoms with Crippen molar-refractivity contribution in [1.82, 2.24) is 24.8 Å². The summed E-state index contributed by atoms with van der Waals surface area (Å²) in [6, 6.07) is 32.6. The number of anilines is 1. The Bertz CT molecular complexity index is 2310. The average molecular weight is 715 g/mol. The number of aromatic amines is 1. The summed E-state index contributed by atoms with van der Waals surface area (Å²) in [6.45, 7) is 6.53. The first-order chi connectivity index (χ1) is 25.1. The molecule has 12 heteroatoms. The van der Waals surface area contributed by atoms with Gasteiger partial charge in [-0.05, 0) is 61.0 Å². The van der Waals surface area contributed by atoms with Gasteiger partial charge in [-0.2, -0.15) is 0 Å². The zero-order valence-corrected chi connectivity index (χ0v) is 30.4. The molecule has 3 N–H and O–H groups in total. The van der Waals surface area contributed by atoms with Crippen molar-refractivity contribution in [2.75, 3.05) is 11.5 Å². The minimum absolute atomic E-state index is 0.0926. The second-order valence-electron chi connectivity index (χ2n) is 14.6. The van der Waals surface area contributed by atoms with Gasteiger partial charge in [-0.1, -0.05) is 84.9 Å². The van der Waals surface area contributed by atoms with Crippen LogP contribution in [0.25, 0.3) is 16.6 Å². The zero-order chi connectivity index (χ0) is 36.2. The molecule has 1 saturated heterocycles. The molecule has 4 heterocycles. The Morgan fingerprint density at radius 2 is 1.71 bits per heavy atom. The number of H-pyrrole nitrogens is 1. The number of nitrogens with zero attached hydrogens (tertiary/aromatic N) is 5. The average Bonchev–Trinajstić information content (AvgIpc) is 3.89. The standard InChI is InChI=1S/C40H42N6O5Si/c1-26-37(52(2,3)50)36(20-21-44-24-34(41-43-44)31(25-47)28-13-5-4-6-14-28)51-40(26)32-17-8-10-19-35(32)45(39(40)49)23-27-12-11-15-29(22-27)46-38(48)30-16-7-9-18-33(30)42-46/h4-19,22,24,26,31,36-37,42,47,50H,20-21,23,25H2,1-3H3/t26-,31?,36+,37-,40+/m0/s1. The van der Waals surface area contributed by atoms with Crippen LogP contribution in [0.5, 0.6) is 0 Å². The number of amides is 1. The van der Waals surface area contributed by atoms with E-state index in [1.165, 1.54) is 4.68 Å².